The van der Waals surface area contributed by atoms with Crippen molar-refractivity contribution in [2.75, 3.05) is 6.61 Å². The third-order valence-corrected chi connectivity index (χ3v) is 3.14. The molecule has 0 radical (unpaired) electrons. The maximum Gasteiger partial charge on any atom is 0.244 e. The van der Waals surface area contributed by atoms with E-state index in [-0.39, 0.29) is 12.5 Å². The third kappa shape index (κ3) is 4.30. The minimum absolute atomic E-state index is 0.173. The second kappa shape index (κ2) is 7.77. The van der Waals surface area contributed by atoms with Crippen LogP contribution < -0.4 is 5.32 Å². The molecule has 110 valence electrons. The molecule has 1 atom stereocenters. The van der Waals surface area contributed by atoms with Gasteiger partial charge in [-0.15, -0.1) is 0 Å². The van der Waals surface area contributed by atoms with Gasteiger partial charge in [0.05, 0.1) is 24.3 Å². The molecular formula is C18H16N2O2. The van der Waals surface area contributed by atoms with Gasteiger partial charge in [-0.05, 0) is 29.3 Å². The summed E-state index contributed by atoms with van der Waals surface area (Å²) in [5.74, 6) is -0.301. The second-order valence-corrected chi connectivity index (χ2v) is 4.73. The van der Waals surface area contributed by atoms with Crippen molar-refractivity contribution in [1.82, 2.24) is 5.32 Å². The molecule has 2 N–H and O–H groups in total. The standard InChI is InChI=1S/C18H16N2O2/c19-12-15-6-4-5-14(11-15)9-10-18(22)20-17(13-21)16-7-2-1-3-8-16/h1-11,17,21H,13H2,(H,20,22)/b10-9+. The molecule has 0 heterocycles. The van der Waals surface area contributed by atoms with Crippen molar-refractivity contribution in [3.8, 4) is 6.07 Å². The van der Waals surface area contributed by atoms with Gasteiger partial charge in [0.1, 0.15) is 0 Å². The van der Waals surface area contributed by atoms with Crippen molar-refractivity contribution in [3.05, 3.63) is 77.4 Å². The summed E-state index contributed by atoms with van der Waals surface area (Å²) in [5, 5.41) is 21.0. The number of benzene rings is 2. The van der Waals surface area contributed by atoms with Gasteiger partial charge in [0.15, 0.2) is 0 Å². The zero-order valence-electron chi connectivity index (χ0n) is 11.9. The molecule has 0 aromatic heterocycles. The Bertz CT molecular complexity index is 703. The molecule has 0 aliphatic carbocycles. The van der Waals surface area contributed by atoms with Crippen LogP contribution in [0.4, 0.5) is 0 Å². The monoisotopic (exact) mass is 292 g/mol. The highest BCUT2D eigenvalue weighted by Gasteiger charge is 2.11. The fourth-order valence-corrected chi connectivity index (χ4v) is 2.02. The molecule has 0 bridgehead atoms. The molecule has 1 unspecified atom stereocenters. The Hall–Kier alpha value is -2.90. The largest absolute Gasteiger partial charge is 0.394 e. The lowest BCUT2D eigenvalue weighted by molar-refractivity contribution is -0.117. The number of rotatable bonds is 5. The Morgan fingerprint density at radius 1 is 1.23 bits per heavy atom. The molecule has 2 aromatic carbocycles. The highest BCUT2D eigenvalue weighted by Crippen LogP contribution is 2.12. The van der Waals surface area contributed by atoms with E-state index in [4.69, 9.17) is 5.26 Å². The third-order valence-electron chi connectivity index (χ3n) is 3.14. The molecule has 0 spiro atoms. The summed E-state index contributed by atoms with van der Waals surface area (Å²) >= 11 is 0. The van der Waals surface area contributed by atoms with Crippen LogP contribution in [0.3, 0.4) is 0 Å². The minimum Gasteiger partial charge on any atom is -0.394 e. The number of carbonyl (C=O) groups is 1. The molecular weight excluding hydrogens is 276 g/mol. The van der Waals surface area contributed by atoms with Crippen LogP contribution in [-0.2, 0) is 4.79 Å². The summed E-state index contributed by atoms with van der Waals surface area (Å²) in [6, 6.07) is 17.9. The number of aliphatic hydroxyl groups is 1. The zero-order chi connectivity index (χ0) is 15.8. The van der Waals surface area contributed by atoms with Crippen LogP contribution in [0.1, 0.15) is 22.7 Å². The smallest absolute Gasteiger partial charge is 0.244 e. The highest BCUT2D eigenvalue weighted by atomic mass is 16.3. The summed E-state index contributed by atoms with van der Waals surface area (Å²) in [4.78, 5) is 11.9. The first-order chi connectivity index (χ1) is 10.7. The van der Waals surface area contributed by atoms with Gasteiger partial charge in [-0.2, -0.15) is 5.26 Å². The van der Waals surface area contributed by atoms with Crippen molar-refractivity contribution in [3.63, 3.8) is 0 Å². The molecule has 0 saturated carbocycles. The van der Waals surface area contributed by atoms with Gasteiger partial charge >= 0.3 is 0 Å². The zero-order valence-corrected chi connectivity index (χ0v) is 11.9. The summed E-state index contributed by atoms with van der Waals surface area (Å²) in [7, 11) is 0. The maximum atomic E-state index is 11.9. The highest BCUT2D eigenvalue weighted by molar-refractivity contribution is 5.92. The van der Waals surface area contributed by atoms with Gasteiger partial charge in [0.25, 0.3) is 0 Å². The van der Waals surface area contributed by atoms with E-state index in [0.717, 1.165) is 11.1 Å². The van der Waals surface area contributed by atoms with Gasteiger partial charge in [-0.25, -0.2) is 0 Å². The fraction of sp³-hybridized carbons (Fsp3) is 0.111. The lowest BCUT2D eigenvalue weighted by atomic mass is 10.1. The van der Waals surface area contributed by atoms with E-state index in [0.29, 0.717) is 5.56 Å². The van der Waals surface area contributed by atoms with Crippen molar-refractivity contribution < 1.29 is 9.90 Å². The summed E-state index contributed by atoms with van der Waals surface area (Å²) in [6.07, 6.45) is 3.03. The van der Waals surface area contributed by atoms with E-state index in [9.17, 15) is 9.90 Å². The van der Waals surface area contributed by atoms with Gasteiger partial charge in [0, 0.05) is 6.08 Å². The average Bonchev–Trinajstić information content (AvgIpc) is 2.58. The summed E-state index contributed by atoms with van der Waals surface area (Å²) in [5.41, 5.74) is 2.16. The number of aliphatic hydroxyl groups excluding tert-OH is 1. The Kier molecular flexibility index (Phi) is 5.47. The molecule has 4 heteroatoms. The minimum atomic E-state index is -0.441. The Morgan fingerprint density at radius 2 is 2.00 bits per heavy atom. The number of amides is 1. The van der Waals surface area contributed by atoms with E-state index in [2.05, 4.69) is 11.4 Å². The van der Waals surface area contributed by atoms with Crippen LogP contribution in [0.25, 0.3) is 6.08 Å². The lowest BCUT2D eigenvalue weighted by Crippen LogP contribution is -2.29. The van der Waals surface area contributed by atoms with Crippen molar-refractivity contribution >= 4 is 12.0 Å². The number of hydrogen-bond donors (Lipinski definition) is 2. The Morgan fingerprint density at radius 3 is 2.68 bits per heavy atom. The molecule has 0 aliphatic rings. The molecule has 1 amide bonds. The summed E-state index contributed by atoms with van der Waals surface area (Å²) in [6.45, 7) is -0.173. The van der Waals surface area contributed by atoms with Crippen molar-refractivity contribution in [2.24, 2.45) is 0 Å². The van der Waals surface area contributed by atoms with Crippen LogP contribution in [0, 0.1) is 11.3 Å². The number of nitrogens with zero attached hydrogens (tertiary/aromatic N) is 1. The Labute approximate surface area is 129 Å². The first-order valence-electron chi connectivity index (χ1n) is 6.87. The van der Waals surface area contributed by atoms with E-state index in [1.54, 1.807) is 24.3 Å². The lowest BCUT2D eigenvalue weighted by Gasteiger charge is -2.15. The molecule has 0 fully saturated rings. The Balaban J connectivity index is 2.02. The molecule has 2 rings (SSSR count). The molecule has 22 heavy (non-hydrogen) atoms. The van der Waals surface area contributed by atoms with Gasteiger partial charge in [0.2, 0.25) is 5.91 Å². The fourth-order valence-electron chi connectivity index (χ4n) is 2.02. The number of nitrogens with one attached hydrogen (secondary N) is 1. The quantitative estimate of drug-likeness (QED) is 0.831. The topological polar surface area (TPSA) is 73.1 Å². The normalized spacial score (nSPS) is 11.8. The second-order valence-electron chi connectivity index (χ2n) is 4.73. The number of nitriles is 1. The molecule has 0 saturated heterocycles. The predicted octanol–water partition coefficient (Wildman–Crippen LogP) is 2.42. The molecule has 4 nitrogen and oxygen atoms in total. The molecule has 2 aromatic rings. The van der Waals surface area contributed by atoms with Gasteiger partial charge in [-0.1, -0.05) is 42.5 Å². The maximum absolute atomic E-state index is 11.9. The van der Waals surface area contributed by atoms with E-state index >= 15 is 0 Å². The van der Waals surface area contributed by atoms with Crippen LogP contribution in [0.15, 0.2) is 60.7 Å². The first-order valence-corrected chi connectivity index (χ1v) is 6.87. The van der Waals surface area contributed by atoms with Gasteiger partial charge < -0.3 is 10.4 Å². The van der Waals surface area contributed by atoms with Crippen molar-refractivity contribution in [2.45, 2.75) is 6.04 Å². The van der Waals surface area contributed by atoms with Crippen LogP contribution in [-0.4, -0.2) is 17.6 Å². The SMILES string of the molecule is N#Cc1cccc(/C=C/C(=O)NC(CO)c2ccccc2)c1. The number of hydrogen-bond acceptors (Lipinski definition) is 3. The summed E-state index contributed by atoms with van der Waals surface area (Å²) < 4.78 is 0. The predicted molar refractivity (Wildman–Crippen MR) is 84.6 cm³/mol. The van der Waals surface area contributed by atoms with Crippen LogP contribution in [0.2, 0.25) is 0 Å². The van der Waals surface area contributed by atoms with Crippen LogP contribution in [0.5, 0.6) is 0 Å². The number of carbonyl (C=O) groups excluding carboxylic acids is 1. The van der Waals surface area contributed by atoms with Crippen LogP contribution >= 0.6 is 0 Å². The first kappa shape index (κ1) is 15.5. The average molecular weight is 292 g/mol. The van der Waals surface area contributed by atoms with Crippen molar-refractivity contribution in [1.29, 1.82) is 5.26 Å². The molecule has 0 aliphatic heterocycles. The van der Waals surface area contributed by atoms with E-state index in [1.807, 2.05) is 36.4 Å². The van der Waals surface area contributed by atoms with Gasteiger partial charge in [-0.3, -0.25) is 4.79 Å². The van der Waals surface area contributed by atoms with E-state index in [1.165, 1.54) is 6.08 Å². The van der Waals surface area contributed by atoms with E-state index < -0.39 is 6.04 Å².